The number of carbonyl (C=O) groups is 1. The lowest BCUT2D eigenvalue weighted by molar-refractivity contribution is 0.0223. The minimum absolute atomic E-state index is 0.234. The summed E-state index contributed by atoms with van der Waals surface area (Å²) in [6.45, 7) is 8.50. The summed E-state index contributed by atoms with van der Waals surface area (Å²) in [5, 5.41) is 1.22. The van der Waals surface area contributed by atoms with E-state index in [1.807, 2.05) is 20.8 Å². The summed E-state index contributed by atoms with van der Waals surface area (Å²) >= 11 is 0. The van der Waals surface area contributed by atoms with E-state index in [0.29, 0.717) is 19.7 Å². The molecular weight excluding hydrogens is 304 g/mol. The number of ether oxygens (including phenoxy) is 2. The molecule has 1 aliphatic rings. The molecule has 0 N–H and O–H groups in total. The molecule has 0 atom stereocenters. The van der Waals surface area contributed by atoms with Crippen molar-refractivity contribution in [2.24, 2.45) is 0 Å². The van der Waals surface area contributed by atoms with E-state index in [-0.39, 0.29) is 6.09 Å². The van der Waals surface area contributed by atoms with Crippen molar-refractivity contribution in [3.05, 3.63) is 35.5 Å². The molecule has 3 rings (SSSR count). The lowest BCUT2D eigenvalue weighted by Crippen LogP contribution is -2.40. The molecule has 0 bridgehead atoms. The second-order valence-electron chi connectivity index (χ2n) is 7.24. The third-order valence-electron chi connectivity index (χ3n) is 4.33. The number of aromatic nitrogens is 1. The summed E-state index contributed by atoms with van der Waals surface area (Å²) < 4.78 is 13.1. The van der Waals surface area contributed by atoms with Gasteiger partial charge in [0.05, 0.1) is 13.2 Å². The zero-order valence-electron chi connectivity index (χ0n) is 15.0. The van der Waals surface area contributed by atoms with Crippen LogP contribution in [-0.4, -0.2) is 41.4 Å². The summed E-state index contributed by atoms with van der Waals surface area (Å²) in [4.78, 5) is 14.2. The van der Waals surface area contributed by atoms with E-state index in [0.717, 1.165) is 13.0 Å². The van der Waals surface area contributed by atoms with Crippen molar-refractivity contribution in [1.82, 2.24) is 9.47 Å². The van der Waals surface area contributed by atoms with Gasteiger partial charge in [0.25, 0.3) is 0 Å². The van der Waals surface area contributed by atoms with Crippen molar-refractivity contribution in [2.45, 2.75) is 45.9 Å². The van der Waals surface area contributed by atoms with Gasteiger partial charge in [-0.15, -0.1) is 0 Å². The first-order valence-electron chi connectivity index (χ1n) is 8.46. The maximum atomic E-state index is 12.4. The average Bonchev–Trinajstić information content (AvgIpc) is 2.84. The van der Waals surface area contributed by atoms with Gasteiger partial charge in [-0.3, -0.25) is 0 Å². The van der Waals surface area contributed by atoms with E-state index in [1.165, 1.54) is 22.2 Å². The topological polar surface area (TPSA) is 43.7 Å². The Hall–Kier alpha value is -2.01. The van der Waals surface area contributed by atoms with Crippen molar-refractivity contribution in [3.63, 3.8) is 0 Å². The molecule has 2 heterocycles. The Morgan fingerprint density at radius 1 is 1.25 bits per heavy atom. The van der Waals surface area contributed by atoms with Crippen LogP contribution in [0, 0.1) is 0 Å². The van der Waals surface area contributed by atoms with Crippen LogP contribution in [0.3, 0.4) is 0 Å². The highest BCUT2D eigenvalue weighted by atomic mass is 16.6. The molecule has 0 saturated carbocycles. The minimum Gasteiger partial charge on any atom is -0.444 e. The number of carbonyl (C=O) groups excluding carboxylic acids is 1. The maximum Gasteiger partial charge on any atom is 0.410 e. The monoisotopic (exact) mass is 330 g/mol. The zero-order valence-corrected chi connectivity index (χ0v) is 15.0. The molecule has 1 aromatic carbocycles. The Kier molecular flexibility index (Phi) is 4.54. The van der Waals surface area contributed by atoms with Gasteiger partial charge in [-0.25, -0.2) is 4.79 Å². The molecule has 0 aliphatic carbocycles. The second kappa shape index (κ2) is 6.48. The Bertz CT molecular complexity index is 743. The number of fused-ring (bicyclic) bond motifs is 3. The van der Waals surface area contributed by atoms with Crippen LogP contribution in [0.1, 0.15) is 32.0 Å². The van der Waals surface area contributed by atoms with E-state index < -0.39 is 5.60 Å². The van der Waals surface area contributed by atoms with E-state index in [9.17, 15) is 4.79 Å². The summed E-state index contributed by atoms with van der Waals surface area (Å²) in [5.41, 5.74) is 3.29. The number of hydrogen-bond donors (Lipinski definition) is 0. The third kappa shape index (κ3) is 3.26. The fourth-order valence-electron chi connectivity index (χ4n) is 3.32. The molecule has 1 amide bonds. The van der Waals surface area contributed by atoms with Crippen LogP contribution >= 0.6 is 0 Å². The number of nitrogens with zero attached hydrogens (tertiary/aromatic N) is 2. The number of methoxy groups -OCH3 is 1. The number of amides is 1. The number of hydrogen-bond acceptors (Lipinski definition) is 3. The standard InChI is InChI=1S/C19H26N2O3/c1-19(2,3)24-18(22)20-10-9-17-15(13-20)14-7-5-6-8-16(14)21(17)11-12-23-4/h5-8H,9-13H2,1-4H3. The lowest BCUT2D eigenvalue weighted by atomic mass is 10.0. The zero-order chi connectivity index (χ0) is 17.3. The van der Waals surface area contributed by atoms with Crippen molar-refractivity contribution >= 4 is 17.0 Å². The van der Waals surface area contributed by atoms with Gasteiger partial charge >= 0.3 is 6.09 Å². The molecule has 130 valence electrons. The van der Waals surface area contributed by atoms with Crippen LogP contribution in [0.15, 0.2) is 24.3 Å². The van der Waals surface area contributed by atoms with Gasteiger partial charge in [0.15, 0.2) is 0 Å². The largest absolute Gasteiger partial charge is 0.444 e. The molecule has 0 fully saturated rings. The van der Waals surface area contributed by atoms with Crippen LogP contribution < -0.4 is 0 Å². The quantitative estimate of drug-likeness (QED) is 0.864. The van der Waals surface area contributed by atoms with E-state index in [2.05, 4.69) is 28.8 Å². The molecule has 2 aromatic rings. The Labute approximate surface area is 143 Å². The molecule has 0 unspecified atom stereocenters. The van der Waals surface area contributed by atoms with Crippen molar-refractivity contribution in [3.8, 4) is 0 Å². The fraction of sp³-hybridized carbons (Fsp3) is 0.526. The number of benzene rings is 1. The highest BCUT2D eigenvalue weighted by Crippen LogP contribution is 2.31. The summed E-state index contributed by atoms with van der Waals surface area (Å²) in [7, 11) is 1.72. The second-order valence-corrected chi connectivity index (χ2v) is 7.24. The van der Waals surface area contributed by atoms with Gasteiger partial charge in [0.1, 0.15) is 5.60 Å². The first-order valence-corrected chi connectivity index (χ1v) is 8.46. The SMILES string of the molecule is COCCn1c2c(c3ccccc31)CN(C(=O)OC(C)(C)C)CC2. The van der Waals surface area contributed by atoms with Gasteiger partial charge in [0, 0.05) is 48.8 Å². The van der Waals surface area contributed by atoms with Crippen molar-refractivity contribution in [2.75, 3.05) is 20.3 Å². The predicted octanol–water partition coefficient (Wildman–Crippen LogP) is 3.58. The van der Waals surface area contributed by atoms with E-state index in [4.69, 9.17) is 9.47 Å². The first-order chi connectivity index (χ1) is 11.4. The number of para-hydroxylation sites is 1. The van der Waals surface area contributed by atoms with Crippen LogP contribution in [0.4, 0.5) is 4.79 Å². The highest BCUT2D eigenvalue weighted by Gasteiger charge is 2.29. The molecular formula is C19H26N2O3. The van der Waals surface area contributed by atoms with E-state index >= 15 is 0 Å². The molecule has 5 heteroatoms. The molecule has 5 nitrogen and oxygen atoms in total. The van der Waals surface area contributed by atoms with Crippen LogP contribution in [0.2, 0.25) is 0 Å². The van der Waals surface area contributed by atoms with Crippen LogP contribution in [0.25, 0.3) is 10.9 Å². The van der Waals surface area contributed by atoms with Gasteiger partial charge < -0.3 is 18.9 Å². The Balaban J connectivity index is 1.92. The van der Waals surface area contributed by atoms with Gasteiger partial charge in [-0.1, -0.05) is 18.2 Å². The minimum atomic E-state index is -0.468. The van der Waals surface area contributed by atoms with Gasteiger partial charge in [-0.2, -0.15) is 0 Å². The molecule has 1 aliphatic heterocycles. The molecule has 0 saturated heterocycles. The smallest absolute Gasteiger partial charge is 0.410 e. The van der Waals surface area contributed by atoms with E-state index in [1.54, 1.807) is 12.0 Å². The molecule has 1 aromatic heterocycles. The van der Waals surface area contributed by atoms with Gasteiger partial charge in [0.2, 0.25) is 0 Å². The molecule has 0 spiro atoms. The summed E-state index contributed by atoms with van der Waals surface area (Å²) in [6.07, 6.45) is 0.606. The van der Waals surface area contributed by atoms with Gasteiger partial charge in [-0.05, 0) is 26.8 Å². The molecule has 0 radical (unpaired) electrons. The Morgan fingerprint density at radius 3 is 2.71 bits per heavy atom. The molecule has 24 heavy (non-hydrogen) atoms. The summed E-state index contributed by atoms with van der Waals surface area (Å²) in [5.74, 6) is 0. The first kappa shape index (κ1) is 16.8. The lowest BCUT2D eigenvalue weighted by Gasteiger charge is -2.30. The highest BCUT2D eigenvalue weighted by molar-refractivity contribution is 5.86. The third-order valence-corrected chi connectivity index (χ3v) is 4.33. The van der Waals surface area contributed by atoms with Crippen molar-refractivity contribution < 1.29 is 14.3 Å². The van der Waals surface area contributed by atoms with Crippen LogP contribution in [0.5, 0.6) is 0 Å². The normalized spacial score (nSPS) is 14.8. The predicted molar refractivity (Wildman–Crippen MR) is 94.2 cm³/mol. The van der Waals surface area contributed by atoms with Crippen LogP contribution in [-0.2, 0) is 29.0 Å². The fourth-order valence-corrected chi connectivity index (χ4v) is 3.32. The average molecular weight is 330 g/mol. The maximum absolute atomic E-state index is 12.4. The summed E-state index contributed by atoms with van der Waals surface area (Å²) in [6, 6.07) is 8.38. The Morgan fingerprint density at radius 2 is 2.00 bits per heavy atom. The van der Waals surface area contributed by atoms with Crippen molar-refractivity contribution in [1.29, 1.82) is 0 Å². The number of rotatable bonds is 3.